The number of hydrogen-bond donors (Lipinski definition) is 1. The van der Waals surface area contributed by atoms with E-state index in [-0.39, 0.29) is 24.1 Å². The topological polar surface area (TPSA) is 49.4 Å². The lowest BCUT2D eigenvalue weighted by Gasteiger charge is -2.25. The van der Waals surface area contributed by atoms with Crippen LogP contribution in [0.4, 0.5) is 5.69 Å². The second-order valence-electron chi connectivity index (χ2n) is 5.33. The number of piperidine rings is 1. The molecule has 5 heteroatoms. The first-order valence-electron chi connectivity index (χ1n) is 7.28. The fourth-order valence-corrected chi connectivity index (χ4v) is 2.45. The van der Waals surface area contributed by atoms with Crippen molar-refractivity contribution in [1.82, 2.24) is 4.90 Å². The van der Waals surface area contributed by atoms with Gasteiger partial charge in [-0.25, -0.2) is 0 Å². The zero-order valence-electron chi connectivity index (χ0n) is 12.4. The van der Waals surface area contributed by atoms with Crippen LogP contribution in [0.3, 0.4) is 0 Å². The summed E-state index contributed by atoms with van der Waals surface area (Å²) < 4.78 is 0. The molecule has 21 heavy (non-hydrogen) atoms. The number of nitrogens with one attached hydrogen (secondary N) is 1. The second-order valence-corrected chi connectivity index (χ2v) is 5.33. The molecule has 1 amide bonds. The molecule has 1 aromatic rings. The van der Waals surface area contributed by atoms with Gasteiger partial charge in [-0.1, -0.05) is 6.42 Å². The summed E-state index contributed by atoms with van der Waals surface area (Å²) in [4.78, 5) is 25.4. The number of hydrogen-bond acceptors (Lipinski definition) is 3. The number of ketones is 1. The Kier molecular flexibility index (Phi) is 7.40. The summed E-state index contributed by atoms with van der Waals surface area (Å²) in [5.74, 6) is 0.0686. The minimum atomic E-state index is 0. The molecule has 1 aromatic carbocycles. The van der Waals surface area contributed by atoms with Crippen LogP contribution in [0.5, 0.6) is 0 Å². The van der Waals surface area contributed by atoms with E-state index in [0.717, 1.165) is 25.3 Å². The summed E-state index contributed by atoms with van der Waals surface area (Å²) in [7, 11) is 0. The Morgan fingerprint density at radius 2 is 1.71 bits per heavy atom. The van der Waals surface area contributed by atoms with Gasteiger partial charge in [-0.15, -0.1) is 12.4 Å². The largest absolute Gasteiger partial charge is 0.326 e. The molecule has 1 saturated heterocycles. The molecule has 0 aliphatic carbocycles. The predicted octanol–water partition coefficient (Wildman–Crippen LogP) is 3.13. The average molecular weight is 311 g/mol. The van der Waals surface area contributed by atoms with Gasteiger partial charge >= 0.3 is 0 Å². The molecule has 1 aliphatic heterocycles. The predicted molar refractivity (Wildman–Crippen MR) is 87.2 cm³/mol. The number of Topliss-reactive ketones (excluding diaryl/α,β-unsaturated/α-hetero) is 1. The van der Waals surface area contributed by atoms with Gasteiger partial charge in [-0.05, 0) is 57.1 Å². The molecule has 4 nitrogen and oxygen atoms in total. The van der Waals surface area contributed by atoms with E-state index in [4.69, 9.17) is 0 Å². The van der Waals surface area contributed by atoms with Gasteiger partial charge in [0.2, 0.25) is 5.91 Å². The Labute approximate surface area is 132 Å². The highest BCUT2D eigenvalue weighted by Gasteiger charge is 2.11. The van der Waals surface area contributed by atoms with Crippen molar-refractivity contribution in [1.29, 1.82) is 0 Å². The molecule has 0 atom stereocenters. The summed E-state index contributed by atoms with van der Waals surface area (Å²) >= 11 is 0. The Morgan fingerprint density at radius 3 is 2.29 bits per heavy atom. The summed E-state index contributed by atoms with van der Waals surface area (Å²) in [5.41, 5.74) is 1.41. The third-order valence-electron chi connectivity index (χ3n) is 3.68. The maximum atomic E-state index is 11.9. The lowest BCUT2D eigenvalue weighted by atomic mass is 10.1. The highest BCUT2D eigenvalue weighted by Crippen LogP contribution is 2.12. The number of rotatable bonds is 5. The molecule has 0 aromatic heterocycles. The standard InChI is InChI=1S/C16H22N2O2.ClH/c1-13(19)14-5-7-15(8-6-14)17-16(20)9-12-18-10-3-2-4-11-18;/h5-8H,2-4,9-12H2,1H3,(H,17,20);1H. The summed E-state index contributed by atoms with van der Waals surface area (Å²) in [6, 6.07) is 7.02. The third-order valence-corrected chi connectivity index (χ3v) is 3.68. The Morgan fingerprint density at radius 1 is 1.10 bits per heavy atom. The van der Waals surface area contributed by atoms with E-state index in [1.54, 1.807) is 24.3 Å². The zero-order chi connectivity index (χ0) is 14.4. The number of amides is 1. The summed E-state index contributed by atoms with van der Waals surface area (Å²) in [5, 5.41) is 2.87. The summed E-state index contributed by atoms with van der Waals surface area (Å²) in [6.45, 7) is 4.59. The Bertz CT molecular complexity index is 468. The molecule has 2 rings (SSSR count). The first-order valence-corrected chi connectivity index (χ1v) is 7.28. The molecule has 0 unspecified atom stereocenters. The van der Waals surface area contributed by atoms with Crippen molar-refractivity contribution < 1.29 is 9.59 Å². The van der Waals surface area contributed by atoms with E-state index in [1.807, 2.05) is 0 Å². The smallest absolute Gasteiger partial charge is 0.225 e. The highest BCUT2D eigenvalue weighted by atomic mass is 35.5. The number of likely N-dealkylation sites (tertiary alicyclic amines) is 1. The molecule has 1 heterocycles. The quantitative estimate of drug-likeness (QED) is 0.850. The van der Waals surface area contributed by atoms with E-state index in [1.165, 1.54) is 26.2 Å². The van der Waals surface area contributed by atoms with Gasteiger partial charge in [0.05, 0.1) is 0 Å². The van der Waals surface area contributed by atoms with Crippen molar-refractivity contribution in [3.05, 3.63) is 29.8 Å². The minimum Gasteiger partial charge on any atom is -0.326 e. The molecule has 0 saturated carbocycles. The van der Waals surface area contributed by atoms with Crippen LogP contribution in [0.25, 0.3) is 0 Å². The molecule has 0 spiro atoms. The van der Waals surface area contributed by atoms with Gasteiger partial charge in [0, 0.05) is 24.2 Å². The van der Waals surface area contributed by atoms with Crippen LogP contribution < -0.4 is 5.32 Å². The van der Waals surface area contributed by atoms with Crippen molar-refractivity contribution in [2.45, 2.75) is 32.6 Å². The zero-order valence-corrected chi connectivity index (χ0v) is 13.2. The lowest BCUT2D eigenvalue weighted by molar-refractivity contribution is -0.116. The maximum Gasteiger partial charge on any atom is 0.225 e. The second kappa shape index (κ2) is 8.80. The Balaban J connectivity index is 0.00000220. The van der Waals surface area contributed by atoms with Gasteiger partial charge in [0.15, 0.2) is 5.78 Å². The first-order chi connectivity index (χ1) is 9.65. The van der Waals surface area contributed by atoms with Gasteiger partial charge in [-0.3, -0.25) is 9.59 Å². The number of carbonyl (C=O) groups is 2. The minimum absolute atomic E-state index is 0. The van der Waals surface area contributed by atoms with Gasteiger partial charge in [0.1, 0.15) is 0 Å². The van der Waals surface area contributed by atoms with Crippen molar-refractivity contribution in [2.24, 2.45) is 0 Å². The van der Waals surface area contributed by atoms with Gasteiger partial charge < -0.3 is 10.2 Å². The van der Waals surface area contributed by atoms with Crippen molar-refractivity contribution >= 4 is 29.8 Å². The number of anilines is 1. The van der Waals surface area contributed by atoms with Crippen molar-refractivity contribution in [2.75, 3.05) is 25.0 Å². The fraction of sp³-hybridized carbons (Fsp3) is 0.500. The highest BCUT2D eigenvalue weighted by molar-refractivity contribution is 5.95. The number of carbonyl (C=O) groups excluding carboxylic acids is 2. The van der Waals surface area contributed by atoms with Gasteiger partial charge in [-0.2, -0.15) is 0 Å². The van der Waals surface area contributed by atoms with Crippen LogP contribution in [0.2, 0.25) is 0 Å². The molecule has 1 aliphatic rings. The maximum absolute atomic E-state index is 11.9. The van der Waals surface area contributed by atoms with E-state index < -0.39 is 0 Å². The Hall–Kier alpha value is -1.39. The van der Waals surface area contributed by atoms with E-state index in [2.05, 4.69) is 10.2 Å². The molecular weight excluding hydrogens is 288 g/mol. The normalized spacial score (nSPS) is 15.1. The van der Waals surface area contributed by atoms with E-state index in [0.29, 0.717) is 12.0 Å². The lowest BCUT2D eigenvalue weighted by Crippen LogP contribution is -2.32. The van der Waals surface area contributed by atoms with Crippen LogP contribution >= 0.6 is 12.4 Å². The summed E-state index contributed by atoms with van der Waals surface area (Å²) in [6.07, 6.45) is 4.32. The number of nitrogens with zero attached hydrogens (tertiary/aromatic N) is 1. The molecule has 1 fully saturated rings. The fourth-order valence-electron chi connectivity index (χ4n) is 2.45. The van der Waals surface area contributed by atoms with E-state index >= 15 is 0 Å². The molecular formula is C16H23ClN2O2. The van der Waals surface area contributed by atoms with Crippen LogP contribution in [-0.4, -0.2) is 36.2 Å². The van der Waals surface area contributed by atoms with Gasteiger partial charge in [0.25, 0.3) is 0 Å². The van der Waals surface area contributed by atoms with Crippen LogP contribution in [0.1, 0.15) is 43.0 Å². The number of benzene rings is 1. The average Bonchev–Trinajstić information content (AvgIpc) is 2.47. The van der Waals surface area contributed by atoms with Crippen molar-refractivity contribution in [3.63, 3.8) is 0 Å². The molecule has 0 radical (unpaired) electrons. The number of halogens is 1. The van der Waals surface area contributed by atoms with Crippen LogP contribution in [-0.2, 0) is 4.79 Å². The third kappa shape index (κ3) is 5.86. The molecule has 116 valence electrons. The molecule has 0 bridgehead atoms. The SMILES string of the molecule is CC(=O)c1ccc(NC(=O)CCN2CCCCC2)cc1.Cl. The monoisotopic (exact) mass is 310 g/mol. The first kappa shape index (κ1) is 17.7. The van der Waals surface area contributed by atoms with Crippen molar-refractivity contribution in [3.8, 4) is 0 Å². The van der Waals surface area contributed by atoms with E-state index in [9.17, 15) is 9.59 Å². The molecule has 1 N–H and O–H groups in total. The van der Waals surface area contributed by atoms with Crippen LogP contribution in [0, 0.1) is 0 Å². The van der Waals surface area contributed by atoms with Crippen LogP contribution in [0.15, 0.2) is 24.3 Å².